The van der Waals surface area contributed by atoms with Gasteiger partial charge in [-0.2, -0.15) is 7.11 Å². The van der Waals surface area contributed by atoms with Crippen molar-refractivity contribution in [1.82, 2.24) is 0 Å². The third kappa shape index (κ3) is 9.78. The molecule has 116 valence electrons. The Balaban J connectivity index is 0. The van der Waals surface area contributed by atoms with E-state index in [1.807, 2.05) is 0 Å². The van der Waals surface area contributed by atoms with Crippen LogP contribution in [-0.2, 0) is 43.4 Å². The average Bonchev–Trinajstić information content (AvgIpc) is 2.40. The first-order valence-corrected chi connectivity index (χ1v) is 7.47. The maximum absolute atomic E-state index is 11.3. The van der Waals surface area contributed by atoms with Crippen molar-refractivity contribution in [3.8, 4) is 0 Å². The zero-order valence-electron chi connectivity index (χ0n) is 12.5. The number of rotatable bonds is 6. The maximum atomic E-state index is 11.3. The summed E-state index contributed by atoms with van der Waals surface area (Å²) < 4.78 is 14.4. The third-order valence-corrected chi connectivity index (χ3v) is 3.22. The summed E-state index contributed by atoms with van der Waals surface area (Å²) in [5.41, 5.74) is 0.299. The second-order valence-corrected chi connectivity index (χ2v) is 5.50. The van der Waals surface area contributed by atoms with Crippen LogP contribution in [0.15, 0.2) is 36.5 Å². The molecule has 0 radical (unpaired) electrons. The summed E-state index contributed by atoms with van der Waals surface area (Å²) in [4.78, 5) is 34.0. The molecule has 0 aromatic heterocycles. The Hall–Kier alpha value is -1.70. The molecule has 0 saturated carbocycles. The van der Waals surface area contributed by atoms with Crippen LogP contribution < -0.4 is 5.11 Å². The van der Waals surface area contributed by atoms with Gasteiger partial charge in [0, 0.05) is 0 Å². The largest absolute Gasteiger partial charge is 0.857 e. The summed E-state index contributed by atoms with van der Waals surface area (Å²) in [5.74, 6) is -2.38. The zero-order chi connectivity index (χ0) is 17.2. The molecule has 0 saturated heterocycles. The van der Waals surface area contributed by atoms with Crippen LogP contribution in [0.1, 0.15) is 20.8 Å². The van der Waals surface area contributed by atoms with E-state index in [0.717, 1.165) is 7.11 Å². The fraction of sp³-hybridized carbons (Fsp3) is 0.308. The minimum absolute atomic E-state index is 0.0998. The van der Waals surface area contributed by atoms with Gasteiger partial charge < -0.3 is 5.11 Å². The Morgan fingerprint density at radius 3 is 1.05 bits per heavy atom. The van der Waals surface area contributed by atoms with Crippen molar-refractivity contribution in [2.45, 2.75) is 20.8 Å². The quantitative estimate of drug-likeness (QED) is 0.520. The van der Waals surface area contributed by atoms with E-state index < -0.39 is 36.9 Å². The van der Waals surface area contributed by atoms with E-state index in [-0.39, 0.29) is 16.7 Å². The molecule has 0 amide bonds. The van der Waals surface area contributed by atoms with Crippen LogP contribution in [0.4, 0.5) is 0 Å². The van der Waals surface area contributed by atoms with Gasteiger partial charge >= 0.3 is 119 Å². The van der Waals surface area contributed by atoms with Crippen LogP contribution in [0.5, 0.6) is 0 Å². The van der Waals surface area contributed by atoms with Gasteiger partial charge in [0.25, 0.3) is 0 Å². The topological polar surface area (TPSA) is 102 Å². The summed E-state index contributed by atoms with van der Waals surface area (Å²) in [6.45, 7) is 14.4. The van der Waals surface area contributed by atoms with E-state index in [9.17, 15) is 14.4 Å². The van der Waals surface area contributed by atoms with E-state index in [4.69, 9.17) is 15.1 Å². The Labute approximate surface area is 131 Å². The van der Waals surface area contributed by atoms with E-state index in [2.05, 4.69) is 19.7 Å². The molecule has 0 aromatic rings. The Bertz CT molecular complexity index is 387. The van der Waals surface area contributed by atoms with Crippen molar-refractivity contribution in [3.05, 3.63) is 36.5 Å². The molecule has 0 aromatic carbocycles. The van der Waals surface area contributed by atoms with Crippen LogP contribution in [-0.4, -0.2) is 25.0 Å². The zero-order valence-corrected chi connectivity index (χ0v) is 14.0. The molecular weight excluding hydrogens is 316 g/mol. The van der Waals surface area contributed by atoms with Crippen LogP contribution in [0.25, 0.3) is 0 Å². The number of carbonyl (C=O) groups is 3. The van der Waals surface area contributed by atoms with E-state index >= 15 is 0 Å². The Morgan fingerprint density at radius 2 is 0.905 bits per heavy atom. The molecule has 0 aliphatic rings. The third-order valence-electron chi connectivity index (χ3n) is 1.57. The van der Waals surface area contributed by atoms with Gasteiger partial charge in [0.1, 0.15) is 0 Å². The minimum atomic E-state index is -3.61. The van der Waals surface area contributed by atoms with E-state index in [1.165, 1.54) is 20.8 Å². The first-order chi connectivity index (χ1) is 9.65. The molecule has 7 nitrogen and oxygen atoms in total. The van der Waals surface area contributed by atoms with Gasteiger partial charge in [0.05, 0.1) is 0 Å². The van der Waals surface area contributed by atoms with Gasteiger partial charge in [-0.05, 0) is 0 Å². The molecule has 0 unspecified atom stereocenters. The second kappa shape index (κ2) is 11.0. The fourth-order valence-corrected chi connectivity index (χ4v) is 2.27. The normalized spacial score (nSPS) is 8.43. The molecule has 0 rings (SSSR count). The average molecular weight is 334 g/mol. The molecular formula is C13H18O7Ti. The number of hydrogen-bond acceptors (Lipinski definition) is 7. The molecule has 0 aliphatic carbocycles. The predicted octanol–water partition coefficient (Wildman–Crippen LogP) is 0.684. The molecule has 0 atom stereocenters. The van der Waals surface area contributed by atoms with Crippen molar-refractivity contribution < 1.29 is 48.5 Å². The Morgan fingerprint density at radius 1 is 0.714 bits per heavy atom. The second-order valence-electron chi connectivity index (χ2n) is 3.76. The SMILES string of the molecule is C=C(C)C(=O)[O][Ti+]([O]C(=O)C(=C)C)[O]C(=O)C(=C)C.C[O-]. The Kier molecular flexibility index (Phi) is 11.3. The van der Waals surface area contributed by atoms with Crippen LogP contribution in [0.2, 0.25) is 0 Å². The number of hydrogen-bond donors (Lipinski definition) is 0. The summed E-state index contributed by atoms with van der Waals surface area (Å²) in [5, 5.41) is 8.25. The van der Waals surface area contributed by atoms with Crippen molar-refractivity contribution in [2.24, 2.45) is 0 Å². The standard InChI is InChI=1S/3C4H6O2.CH3O.Ti/c3*1-3(2)4(5)6;1-2;/h3*1H2,2H3,(H,5,6);1H3;/q;;;-1;+4/p-3. The monoisotopic (exact) mass is 334 g/mol. The number of carbonyl (C=O) groups excluding carboxylic acids is 3. The molecule has 0 N–H and O–H groups in total. The van der Waals surface area contributed by atoms with Gasteiger partial charge in [0.2, 0.25) is 0 Å². The van der Waals surface area contributed by atoms with Gasteiger partial charge in [-0.15, -0.1) is 0 Å². The molecule has 0 aliphatic heterocycles. The summed E-state index contributed by atoms with van der Waals surface area (Å²) in [6, 6.07) is 0. The van der Waals surface area contributed by atoms with Crippen LogP contribution in [0, 0.1) is 0 Å². The molecule has 0 heterocycles. The molecule has 0 spiro atoms. The fourth-order valence-electron chi connectivity index (χ4n) is 0.551. The van der Waals surface area contributed by atoms with Crippen molar-refractivity contribution in [2.75, 3.05) is 7.11 Å². The van der Waals surface area contributed by atoms with E-state index in [1.54, 1.807) is 0 Å². The van der Waals surface area contributed by atoms with Crippen LogP contribution in [0.3, 0.4) is 0 Å². The first-order valence-electron chi connectivity index (χ1n) is 5.56. The molecule has 0 fully saturated rings. The summed E-state index contributed by atoms with van der Waals surface area (Å²) in [6.07, 6.45) is 0. The van der Waals surface area contributed by atoms with Gasteiger partial charge in [-0.1, -0.05) is 0 Å². The maximum Gasteiger partial charge on any atom is -0.153 e. The smallest absolute Gasteiger partial charge is 0.153 e. The predicted molar refractivity (Wildman–Crippen MR) is 68.6 cm³/mol. The van der Waals surface area contributed by atoms with Gasteiger partial charge in [-0.3, -0.25) is 0 Å². The molecule has 0 bridgehead atoms. The van der Waals surface area contributed by atoms with Crippen LogP contribution >= 0.6 is 0 Å². The van der Waals surface area contributed by atoms with Gasteiger partial charge in [0.15, 0.2) is 0 Å². The first kappa shape index (κ1) is 21.6. The minimum Gasteiger partial charge on any atom is -0.857 e. The van der Waals surface area contributed by atoms with Crippen molar-refractivity contribution in [1.29, 1.82) is 0 Å². The van der Waals surface area contributed by atoms with Crippen molar-refractivity contribution >= 4 is 17.9 Å². The molecule has 21 heavy (non-hydrogen) atoms. The summed E-state index contributed by atoms with van der Waals surface area (Å²) in [7, 11) is 0.750. The summed E-state index contributed by atoms with van der Waals surface area (Å²) >= 11 is -3.61. The van der Waals surface area contributed by atoms with Crippen molar-refractivity contribution in [3.63, 3.8) is 0 Å². The van der Waals surface area contributed by atoms with E-state index in [0.29, 0.717) is 0 Å². The molecule has 8 heteroatoms. The van der Waals surface area contributed by atoms with Gasteiger partial charge in [-0.25, -0.2) is 0 Å².